The van der Waals surface area contributed by atoms with Crippen molar-refractivity contribution < 1.29 is 17.6 Å². The van der Waals surface area contributed by atoms with Gasteiger partial charge in [-0.25, -0.2) is 12.8 Å². The molecule has 0 unspecified atom stereocenters. The van der Waals surface area contributed by atoms with Gasteiger partial charge < -0.3 is 5.32 Å². The summed E-state index contributed by atoms with van der Waals surface area (Å²) < 4.78 is 40.1. The molecule has 0 aliphatic heterocycles. The van der Waals surface area contributed by atoms with Gasteiger partial charge in [0.25, 0.3) is 5.91 Å². The van der Waals surface area contributed by atoms with Gasteiger partial charge in [-0.05, 0) is 48.7 Å². The standard InChI is InChI=1S/C18H18ClFN2O3S/c1-22(26(24,25)17-9-6-14(19)10-16(17)20)11-12-2-4-13(5-3-12)18(23)21-15-7-8-15/h2-6,9-10,15H,7-8,11H2,1H3,(H,21,23). The van der Waals surface area contributed by atoms with Gasteiger partial charge in [-0.1, -0.05) is 23.7 Å². The van der Waals surface area contributed by atoms with E-state index in [1.54, 1.807) is 24.3 Å². The van der Waals surface area contributed by atoms with Gasteiger partial charge in [-0.15, -0.1) is 0 Å². The van der Waals surface area contributed by atoms with E-state index in [1.165, 1.54) is 13.1 Å². The van der Waals surface area contributed by atoms with Gasteiger partial charge in [-0.3, -0.25) is 4.79 Å². The van der Waals surface area contributed by atoms with Crippen molar-refractivity contribution in [2.45, 2.75) is 30.3 Å². The van der Waals surface area contributed by atoms with Gasteiger partial charge in [0.2, 0.25) is 10.0 Å². The Morgan fingerprint density at radius 1 is 1.23 bits per heavy atom. The quantitative estimate of drug-likeness (QED) is 0.815. The van der Waals surface area contributed by atoms with E-state index in [1.807, 2.05) is 0 Å². The number of rotatable bonds is 6. The Hall–Kier alpha value is -1.96. The number of carbonyl (C=O) groups is 1. The first kappa shape index (κ1) is 18.8. The number of sulfonamides is 1. The van der Waals surface area contributed by atoms with Crippen LogP contribution in [-0.2, 0) is 16.6 Å². The molecule has 0 bridgehead atoms. The smallest absolute Gasteiger partial charge is 0.251 e. The van der Waals surface area contributed by atoms with E-state index in [9.17, 15) is 17.6 Å². The third-order valence-electron chi connectivity index (χ3n) is 4.12. The molecule has 0 saturated heterocycles. The number of nitrogens with zero attached hydrogens (tertiary/aromatic N) is 1. The van der Waals surface area contributed by atoms with Crippen molar-refractivity contribution in [1.82, 2.24) is 9.62 Å². The molecule has 26 heavy (non-hydrogen) atoms. The van der Waals surface area contributed by atoms with E-state index in [2.05, 4.69) is 5.32 Å². The lowest BCUT2D eigenvalue weighted by Gasteiger charge is -2.18. The molecule has 0 atom stereocenters. The molecule has 2 aromatic rings. The summed E-state index contributed by atoms with van der Waals surface area (Å²) in [6.07, 6.45) is 2.02. The molecule has 0 radical (unpaired) electrons. The fourth-order valence-electron chi connectivity index (χ4n) is 2.45. The maximum atomic E-state index is 14.0. The molecule has 2 aromatic carbocycles. The van der Waals surface area contributed by atoms with Crippen molar-refractivity contribution in [1.29, 1.82) is 0 Å². The van der Waals surface area contributed by atoms with Crippen LogP contribution in [0.25, 0.3) is 0 Å². The first-order chi connectivity index (χ1) is 12.3. The molecule has 1 N–H and O–H groups in total. The molecule has 0 spiro atoms. The topological polar surface area (TPSA) is 66.5 Å². The van der Waals surface area contributed by atoms with E-state index in [0.29, 0.717) is 11.1 Å². The summed E-state index contributed by atoms with van der Waals surface area (Å²) in [5.41, 5.74) is 1.21. The largest absolute Gasteiger partial charge is 0.349 e. The Balaban J connectivity index is 1.72. The number of amides is 1. The summed E-state index contributed by atoms with van der Waals surface area (Å²) in [4.78, 5) is 11.5. The Bertz CT molecular complexity index is 928. The second-order valence-electron chi connectivity index (χ2n) is 6.28. The highest BCUT2D eigenvalue weighted by molar-refractivity contribution is 7.89. The van der Waals surface area contributed by atoms with Crippen molar-refractivity contribution in [2.75, 3.05) is 7.05 Å². The Kier molecular flexibility index (Phi) is 5.32. The molecule has 138 valence electrons. The van der Waals surface area contributed by atoms with Crippen molar-refractivity contribution in [3.05, 3.63) is 64.4 Å². The monoisotopic (exact) mass is 396 g/mol. The average Bonchev–Trinajstić information content (AvgIpc) is 3.39. The maximum Gasteiger partial charge on any atom is 0.251 e. The van der Waals surface area contributed by atoms with Crippen LogP contribution in [0.5, 0.6) is 0 Å². The predicted octanol–water partition coefficient (Wildman–Crippen LogP) is 3.19. The van der Waals surface area contributed by atoms with Crippen molar-refractivity contribution in [2.24, 2.45) is 0 Å². The summed E-state index contributed by atoms with van der Waals surface area (Å²) in [5.74, 6) is -1.03. The fraction of sp³-hybridized carbons (Fsp3) is 0.278. The summed E-state index contributed by atoms with van der Waals surface area (Å²) in [5, 5.41) is 3.02. The van der Waals surface area contributed by atoms with E-state index in [0.717, 1.165) is 29.3 Å². The van der Waals surface area contributed by atoms with Crippen LogP contribution in [0.15, 0.2) is 47.4 Å². The highest BCUT2D eigenvalue weighted by Crippen LogP contribution is 2.23. The Morgan fingerprint density at radius 2 is 1.88 bits per heavy atom. The van der Waals surface area contributed by atoms with Crippen LogP contribution >= 0.6 is 11.6 Å². The van der Waals surface area contributed by atoms with Crippen molar-refractivity contribution >= 4 is 27.5 Å². The molecule has 1 fully saturated rings. The zero-order chi connectivity index (χ0) is 18.9. The third kappa shape index (κ3) is 4.23. The van der Waals surface area contributed by atoms with Crippen molar-refractivity contribution in [3.8, 4) is 0 Å². The summed E-state index contributed by atoms with van der Waals surface area (Å²) in [7, 11) is -2.63. The first-order valence-electron chi connectivity index (χ1n) is 8.08. The Morgan fingerprint density at radius 3 is 2.46 bits per heavy atom. The van der Waals surface area contributed by atoms with Crippen molar-refractivity contribution in [3.63, 3.8) is 0 Å². The van der Waals surface area contributed by atoms with E-state index in [4.69, 9.17) is 11.6 Å². The highest BCUT2D eigenvalue weighted by atomic mass is 35.5. The zero-order valence-electron chi connectivity index (χ0n) is 14.1. The first-order valence-corrected chi connectivity index (χ1v) is 9.90. The van der Waals surface area contributed by atoms with E-state index >= 15 is 0 Å². The van der Waals surface area contributed by atoms with Crippen LogP contribution in [0.3, 0.4) is 0 Å². The minimum absolute atomic E-state index is 0.0505. The van der Waals surface area contributed by atoms with Gasteiger partial charge >= 0.3 is 0 Å². The third-order valence-corrected chi connectivity index (χ3v) is 6.19. The van der Waals surface area contributed by atoms with Gasteiger partial charge in [0.1, 0.15) is 10.7 Å². The average molecular weight is 397 g/mol. The molecule has 0 aromatic heterocycles. The molecule has 8 heteroatoms. The lowest BCUT2D eigenvalue weighted by molar-refractivity contribution is 0.0951. The molecular weight excluding hydrogens is 379 g/mol. The minimum atomic E-state index is -4.00. The predicted molar refractivity (Wildman–Crippen MR) is 97.0 cm³/mol. The molecule has 1 saturated carbocycles. The van der Waals surface area contributed by atoms with Crippen LogP contribution < -0.4 is 5.32 Å². The zero-order valence-corrected chi connectivity index (χ0v) is 15.6. The molecule has 1 aliphatic carbocycles. The van der Waals surface area contributed by atoms with Gasteiger partial charge in [0.15, 0.2) is 0 Å². The van der Waals surface area contributed by atoms with Crippen LogP contribution in [0, 0.1) is 5.82 Å². The lowest BCUT2D eigenvalue weighted by atomic mass is 10.1. The second kappa shape index (κ2) is 7.34. The second-order valence-corrected chi connectivity index (χ2v) is 8.73. The number of nitrogens with one attached hydrogen (secondary N) is 1. The fourth-order valence-corrected chi connectivity index (χ4v) is 3.81. The summed E-state index contributed by atoms with van der Waals surface area (Å²) in [6.45, 7) is 0.0505. The highest BCUT2D eigenvalue weighted by Gasteiger charge is 2.25. The van der Waals surface area contributed by atoms with Crippen LogP contribution in [-0.4, -0.2) is 31.7 Å². The summed E-state index contributed by atoms with van der Waals surface area (Å²) >= 11 is 5.67. The number of hydrogen-bond acceptors (Lipinski definition) is 3. The number of carbonyl (C=O) groups excluding carboxylic acids is 1. The molecule has 1 amide bonds. The molecule has 0 heterocycles. The molecule has 3 rings (SSSR count). The Labute approximate surface area is 156 Å². The number of hydrogen-bond donors (Lipinski definition) is 1. The molecule has 1 aliphatic rings. The maximum absolute atomic E-state index is 14.0. The van der Waals surface area contributed by atoms with Crippen LogP contribution in [0.2, 0.25) is 5.02 Å². The molecular formula is C18H18ClFN2O3S. The van der Waals surface area contributed by atoms with Crippen LogP contribution in [0.1, 0.15) is 28.8 Å². The van der Waals surface area contributed by atoms with Gasteiger partial charge in [-0.2, -0.15) is 4.31 Å². The lowest BCUT2D eigenvalue weighted by Crippen LogP contribution is -2.27. The molecule has 5 nitrogen and oxygen atoms in total. The minimum Gasteiger partial charge on any atom is -0.349 e. The van der Waals surface area contributed by atoms with Gasteiger partial charge in [0.05, 0.1) is 0 Å². The normalized spacial score (nSPS) is 14.5. The number of benzene rings is 2. The summed E-state index contributed by atoms with van der Waals surface area (Å²) in [6, 6.07) is 10.4. The van der Waals surface area contributed by atoms with Gasteiger partial charge in [0, 0.05) is 30.2 Å². The van der Waals surface area contributed by atoms with E-state index in [-0.39, 0.29) is 23.5 Å². The van der Waals surface area contributed by atoms with E-state index < -0.39 is 20.7 Å². The SMILES string of the molecule is CN(Cc1ccc(C(=O)NC2CC2)cc1)S(=O)(=O)c1ccc(Cl)cc1F. The van der Waals surface area contributed by atoms with Crippen LogP contribution in [0.4, 0.5) is 4.39 Å². The number of halogens is 2.